The second-order valence-electron chi connectivity index (χ2n) is 5.75. The molecule has 2 aromatic heterocycles. The molecule has 1 aromatic carbocycles. The molecule has 0 amide bonds. The number of aromatic nitrogens is 3. The van der Waals surface area contributed by atoms with E-state index in [9.17, 15) is 5.11 Å². The number of hydrogen-bond acceptors (Lipinski definition) is 3. The minimum absolute atomic E-state index is 0.186. The summed E-state index contributed by atoms with van der Waals surface area (Å²) in [6.07, 6.45) is 0. The van der Waals surface area contributed by atoms with Crippen LogP contribution in [0.3, 0.4) is 0 Å². The standard InChI is InChI=1S/C17H19N3O/c1-10(2)16-12(4)18-15-9-14(19-20(15)17(16)21)13-7-5-11(3)6-8-13/h5-10,21H,1-4H3. The molecule has 0 bridgehead atoms. The van der Waals surface area contributed by atoms with Crippen molar-refractivity contribution in [1.29, 1.82) is 0 Å². The van der Waals surface area contributed by atoms with E-state index in [-0.39, 0.29) is 11.8 Å². The van der Waals surface area contributed by atoms with Crippen molar-refractivity contribution in [1.82, 2.24) is 14.6 Å². The van der Waals surface area contributed by atoms with Crippen LogP contribution in [-0.2, 0) is 0 Å². The van der Waals surface area contributed by atoms with Crippen LogP contribution < -0.4 is 0 Å². The van der Waals surface area contributed by atoms with Gasteiger partial charge in [-0.2, -0.15) is 9.61 Å². The summed E-state index contributed by atoms with van der Waals surface area (Å²) in [4.78, 5) is 4.56. The second kappa shape index (κ2) is 4.88. The van der Waals surface area contributed by atoms with Crippen molar-refractivity contribution in [2.45, 2.75) is 33.6 Å². The molecule has 0 aliphatic heterocycles. The fourth-order valence-electron chi connectivity index (χ4n) is 2.66. The number of fused-ring (bicyclic) bond motifs is 1. The molecule has 0 unspecified atom stereocenters. The zero-order chi connectivity index (χ0) is 15.1. The van der Waals surface area contributed by atoms with Gasteiger partial charge in [0.2, 0.25) is 5.88 Å². The molecular weight excluding hydrogens is 262 g/mol. The van der Waals surface area contributed by atoms with Gasteiger partial charge in [-0.15, -0.1) is 0 Å². The maximum absolute atomic E-state index is 10.5. The van der Waals surface area contributed by atoms with Gasteiger partial charge in [0, 0.05) is 22.9 Å². The van der Waals surface area contributed by atoms with Gasteiger partial charge in [-0.25, -0.2) is 4.98 Å². The minimum atomic E-state index is 0.186. The van der Waals surface area contributed by atoms with Crippen LogP contribution in [0.4, 0.5) is 0 Å². The SMILES string of the molecule is Cc1ccc(-c2cc3nc(C)c(C(C)C)c(O)n3n2)cc1. The van der Waals surface area contributed by atoms with E-state index in [4.69, 9.17) is 0 Å². The third-order valence-corrected chi connectivity index (χ3v) is 3.73. The maximum Gasteiger partial charge on any atom is 0.219 e. The van der Waals surface area contributed by atoms with Gasteiger partial charge in [0.05, 0.1) is 5.69 Å². The van der Waals surface area contributed by atoms with E-state index in [1.165, 1.54) is 10.1 Å². The summed E-state index contributed by atoms with van der Waals surface area (Å²) in [5.74, 6) is 0.389. The Bertz CT molecular complexity index is 801. The molecule has 4 nitrogen and oxygen atoms in total. The first-order valence-electron chi connectivity index (χ1n) is 7.13. The van der Waals surface area contributed by atoms with Crippen LogP contribution in [0, 0.1) is 13.8 Å². The van der Waals surface area contributed by atoms with Crippen molar-refractivity contribution >= 4 is 5.65 Å². The average molecular weight is 281 g/mol. The summed E-state index contributed by atoms with van der Waals surface area (Å²) < 4.78 is 1.53. The van der Waals surface area contributed by atoms with Crippen LogP contribution in [0.25, 0.3) is 16.9 Å². The van der Waals surface area contributed by atoms with E-state index < -0.39 is 0 Å². The summed E-state index contributed by atoms with van der Waals surface area (Å²) >= 11 is 0. The normalized spacial score (nSPS) is 11.5. The Morgan fingerprint density at radius 2 is 1.76 bits per heavy atom. The number of hydrogen-bond donors (Lipinski definition) is 1. The third kappa shape index (κ3) is 2.27. The molecule has 3 aromatic rings. The van der Waals surface area contributed by atoms with Gasteiger partial charge in [-0.05, 0) is 19.8 Å². The Morgan fingerprint density at radius 3 is 2.38 bits per heavy atom. The zero-order valence-corrected chi connectivity index (χ0v) is 12.8. The fraction of sp³-hybridized carbons (Fsp3) is 0.294. The highest BCUT2D eigenvalue weighted by molar-refractivity contribution is 5.65. The summed E-state index contributed by atoms with van der Waals surface area (Å²) in [5.41, 5.74) is 5.42. The third-order valence-electron chi connectivity index (χ3n) is 3.73. The Balaban J connectivity index is 2.20. The molecule has 0 atom stereocenters. The first-order valence-corrected chi connectivity index (χ1v) is 7.13. The molecule has 0 radical (unpaired) electrons. The van der Waals surface area contributed by atoms with Crippen molar-refractivity contribution in [2.75, 3.05) is 0 Å². The number of aromatic hydroxyl groups is 1. The molecule has 2 heterocycles. The van der Waals surface area contributed by atoms with Gasteiger partial charge in [-0.1, -0.05) is 43.7 Å². The van der Waals surface area contributed by atoms with Gasteiger partial charge in [0.1, 0.15) is 0 Å². The highest BCUT2D eigenvalue weighted by atomic mass is 16.3. The van der Waals surface area contributed by atoms with E-state index in [1.807, 2.05) is 39.0 Å². The summed E-state index contributed by atoms with van der Waals surface area (Å²) in [5, 5.41) is 15.0. The fourth-order valence-corrected chi connectivity index (χ4v) is 2.66. The highest BCUT2D eigenvalue weighted by Gasteiger charge is 2.17. The van der Waals surface area contributed by atoms with E-state index in [0.717, 1.165) is 22.5 Å². The lowest BCUT2D eigenvalue weighted by Crippen LogP contribution is -2.02. The van der Waals surface area contributed by atoms with E-state index >= 15 is 0 Å². The first kappa shape index (κ1) is 13.6. The molecule has 0 saturated carbocycles. The molecule has 0 spiro atoms. The van der Waals surface area contributed by atoms with Crippen LogP contribution in [0.2, 0.25) is 0 Å². The quantitative estimate of drug-likeness (QED) is 0.776. The Kier molecular flexibility index (Phi) is 3.16. The minimum Gasteiger partial charge on any atom is -0.493 e. The summed E-state index contributed by atoms with van der Waals surface area (Å²) in [6.45, 7) is 8.06. The molecule has 0 saturated heterocycles. The first-order chi connectivity index (χ1) is 9.97. The predicted octanol–water partition coefficient (Wildman–Crippen LogP) is 3.84. The molecule has 1 N–H and O–H groups in total. The molecule has 0 aliphatic carbocycles. The molecule has 3 rings (SSSR count). The van der Waals surface area contributed by atoms with Crippen molar-refractivity contribution in [2.24, 2.45) is 0 Å². The van der Waals surface area contributed by atoms with Gasteiger partial charge < -0.3 is 5.11 Å². The molecule has 108 valence electrons. The molecule has 0 aliphatic rings. The zero-order valence-electron chi connectivity index (χ0n) is 12.8. The number of nitrogens with zero attached hydrogens (tertiary/aromatic N) is 3. The summed E-state index contributed by atoms with van der Waals surface area (Å²) in [6, 6.07) is 10.1. The van der Waals surface area contributed by atoms with Crippen LogP contribution in [0.1, 0.15) is 36.6 Å². The van der Waals surface area contributed by atoms with Crippen molar-refractivity contribution < 1.29 is 5.11 Å². The van der Waals surface area contributed by atoms with Gasteiger partial charge in [0.15, 0.2) is 5.65 Å². The Morgan fingerprint density at radius 1 is 1.10 bits per heavy atom. The Hall–Kier alpha value is -2.36. The lowest BCUT2D eigenvalue weighted by Gasteiger charge is -2.11. The monoisotopic (exact) mass is 281 g/mol. The highest BCUT2D eigenvalue weighted by Crippen LogP contribution is 2.30. The Labute approximate surface area is 124 Å². The number of benzene rings is 1. The maximum atomic E-state index is 10.5. The van der Waals surface area contributed by atoms with Crippen LogP contribution in [0.5, 0.6) is 5.88 Å². The largest absolute Gasteiger partial charge is 0.493 e. The van der Waals surface area contributed by atoms with E-state index in [0.29, 0.717) is 5.65 Å². The van der Waals surface area contributed by atoms with Crippen molar-refractivity contribution in [3.63, 3.8) is 0 Å². The average Bonchev–Trinajstić information content (AvgIpc) is 2.83. The van der Waals surface area contributed by atoms with Crippen LogP contribution in [-0.4, -0.2) is 19.7 Å². The lowest BCUT2D eigenvalue weighted by atomic mass is 10.0. The molecule has 21 heavy (non-hydrogen) atoms. The number of rotatable bonds is 2. The van der Waals surface area contributed by atoms with Gasteiger partial charge in [-0.3, -0.25) is 0 Å². The van der Waals surface area contributed by atoms with E-state index in [1.54, 1.807) is 0 Å². The van der Waals surface area contributed by atoms with Crippen LogP contribution in [0.15, 0.2) is 30.3 Å². The lowest BCUT2D eigenvalue weighted by molar-refractivity contribution is 0.423. The molecule has 0 fully saturated rings. The van der Waals surface area contributed by atoms with Crippen LogP contribution >= 0.6 is 0 Å². The van der Waals surface area contributed by atoms with Crippen molar-refractivity contribution in [3.8, 4) is 17.1 Å². The molecule has 4 heteroatoms. The van der Waals surface area contributed by atoms with Gasteiger partial charge >= 0.3 is 0 Å². The van der Waals surface area contributed by atoms with E-state index in [2.05, 4.69) is 29.1 Å². The summed E-state index contributed by atoms with van der Waals surface area (Å²) in [7, 11) is 0. The second-order valence-corrected chi connectivity index (χ2v) is 5.75. The topological polar surface area (TPSA) is 50.4 Å². The number of aryl methyl sites for hydroxylation is 2. The smallest absolute Gasteiger partial charge is 0.219 e. The van der Waals surface area contributed by atoms with Gasteiger partial charge in [0.25, 0.3) is 0 Å². The predicted molar refractivity (Wildman–Crippen MR) is 83.7 cm³/mol. The van der Waals surface area contributed by atoms with Crippen molar-refractivity contribution in [3.05, 3.63) is 47.2 Å². The molecular formula is C17H19N3O.